The summed E-state index contributed by atoms with van der Waals surface area (Å²) in [6.45, 7) is 13.0. The fourth-order valence-electron chi connectivity index (χ4n) is 3.83. The Morgan fingerprint density at radius 1 is 1.15 bits per heavy atom. The van der Waals surface area contributed by atoms with E-state index in [-0.39, 0.29) is 11.4 Å². The third-order valence-corrected chi connectivity index (χ3v) is 5.63. The zero-order chi connectivity index (χ0) is 19.7. The number of nitrogens with one attached hydrogen (secondary N) is 1. The van der Waals surface area contributed by atoms with E-state index in [0.717, 1.165) is 36.8 Å². The van der Waals surface area contributed by atoms with Gasteiger partial charge in [0.2, 0.25) is 0 Å². The highest BCUT2D eigenvalue weighted by Crippen LogP contribution is 2.32. The van der Waals surface area contributed by atoms with Crippen LogP contribution in [0.4, 0.5) is 10.1 Å². The molecule has 0 aromatic heterocycles. The smallest absolute Gasteiger partial charge is 0.187 e. The normalized spacial score (nSPS) is 23.0. The molecule has 3 nitrogen and oxygen atoms in total. The zero-order valence-electron chi connectivity index (χ0n) is 16.2. The Labute approximate surface area is 161 Å². The van der Waals surface area contributed by atoms with E-state index in [2.05, 4.69) is 24.0 Å². The van der Waals surface area contributed by atoms with Crippen LogP contribution in [0.5, 0.6) is 0 Å². The number of rotatable bonds is 4. The van der Waals surface area contributed by atoms with Crippen LogP contribution in [-0.2, 0) is 5.54 Å². The van der Waals surface area contributed by atoms with Crippen LogP contribution in [0, 0.1) is 12.4 Å². The topological polar surface area (TPSA) is 36.6 Å². The van der Waals surface area contributed by atoms with Gasteiger partial charge in [-0.05, 0) is 63.6 Å². The summed E-state index contributed by atoms with van der Waals surface area (Å²) >= 11 is 0. The van der Waals surface area contributed by atoms with Gasteiger partial charge in [-0.2, -0.15) is 0 Å². The molecule has 2 N–H and O–H groups in total. The summed E-state index contributed by atoms with van der Waals surface area (Å²) in [4.78, 5) is 3.37. The number of nitrogens with zero attached hydrogens (tertiary/aromatic N) is 1. The van der Waals surface area contributed by atoms with Gasteiger partial charge in [0, 0.05) is 17.1 Å². The first-order chi connectivity index (χ1) is 12.7. The molecule has 0 aliphatic heterocycles. The Bertz CT molecular complexity index is 840. The number of hydrogen-bond donors (Lipinski definition) is 2. The molecule has 0 unspecified atom stereocenters. The summed E-state index contributed by atoms with van der Waals surface area (Å²) in [5.74, 6) is -0.260. The van der Waals surface area contributed by atoms with E-state index in [1.165, 1.54) is 0 Å². The molecule has 142 valence electrons. The van der Waals surface area contributed by atoms with E-state index in [1.807, 2.05) is 19.1 Å². The fourth-order valence-corrected chi connectivity index (χ4v) is 3.83. The minimum absolute atomic E-state index is 0.260. The molecule has 0 atom stereocenters. The predicted octanol–water partition coefficient (Wildman–Crippen LogP) is 5.56. The van der Waals surface area contributed by atoms with Crippen LogP contribution >= 0.6 is 0 Å². The highest BCUT2D eigenvalue weighted by Gasteiger charge is 2.32. The quantitative estimate of drug-likeness (QED) is 0.695. The lowest BCUT2D eigenvalue weighted by molar-refractivity contribution is 0.0110. The van der Waals surface area contributed by atoms with Crippen molar-refractivity contribution in [2.45, 2.75) is 63.6 Å². The maximum Gasteiger partial charge on any atom is 0.187 e. The summed E-state index contributed by atoms with van der Waals surface area (Å²) in [5, 5.41) is 13.8. The first kappa shape index (κ1) is 19.5. The molecule has 1 saturated carbocycles. The first-order valence-electron chi connectivity index (χ1n) is 9.48. The Hall–Kier alpha value is -2.22. The highest BCUT2D eigenvalue weighted by molar-refractivity contribution is 5.67. The van der Waals surface area contributed by atoms with Crippen molar-refractivity contribution in [1.82, 2.24) is 5.32 Å². The van der Waals surface area contributed by atoms with Gasteiger partial charge in [0.15, 0.2) is 5.69 Å². The Balaban J connectivity index is 1.76. The monoisotopic (exact) mass is 366 g/mol. The highest BCUT2D eigenvalue weighted by atomic mass is 19.1. The lowest BCUT2D eigenvalue weighted by Crippen LogP contribution is -2.47. The summed E-state index contributed by atoms with van der Waals surface area (Å²) < 4.78 is 14.8. The zero-order valence-corrected chi connectivity index (χ0v) is 16.2. The van der Waals surface area contributed by atoms with Crippen molar-refractivity contribution >= 4 is 5.69 Å². The van der Waals surface area contributed by atoms with E-state index >= 15 is 0 Å². The SMILES string of the molecule is [C-]#[N+]c1ccc(-c2ccc(C(C)(C)NC3CCC(C)(O)CC3)cc2F)cc1. The molecule has 1 aliphatic rings. The Kier molecular flexibility index (Phi) is 5.37. The average Bonchev–Trinajstić information content (AvgIpc) is 2.63. The molecule has 3 rings (SSSR count). The van der Waals surface area contributed by atoms with Gasteiger partial charge in [-0.15, -0.1) is 0 Å². The van der Waals surface area contributed by atoms with Gasteiger partial charge < -0.3 is 10.4 Å². The lowest BCUT2D eigenvalue weighted by Gasteiger charge is -2.38. The molecule has 0 radical (unpaired) electrons. The molecule has 1 aliphatic carbocycles. The maximum atomic E-state index is 14.8. The summed E-state index contributed by atoms with van der Waals surface area (Å²) in [6, 6.07) is 12.7. The molecular weight excluding hydrogens is 339 g/mol. The standard InChI is InChI=1S/C23H27FN2O/c1-22(2,26-19-11-13-23(3,27)14-12-19)17-7-10-20(21(24)15-17)16-5-8-18(25-4)9-6-16/h5-10,15,19,26-27H,11-14H2,1-3H3. The van der Waals surface area contributed by atoms with Crippen molar-refractivity contribution in [2.75, 3.05) is 0 Å². The number of hydrogen-bond acceptors (Lipinski definition) is 2. The predicted molar refractivity (Wildman–Crippen MR) is 107 cm³/mol. The number of benzene rings is 2. The molecule has 27 heavy (non-hydrogen) atoms. The molecule has 0 heterocycles. The van der Waals surface area contributed by atoms with Gasteiger partial charge >= 0.3 is 0 Å². The molecule has 0 bridgehead atoms. The number of halogens is 1. The molecule has 0 spiro atoms. The molecule has 0 amide bonds. The summed E-state index contributed by atoms with van der Waals surface area (Å²) in [6.07, 6.45) is 3.41. The largest absolute Gasteiger partial charge is 0.390 e. The van der Waals surface area contributed by atoms with Crippen LogP contribution in [0.2, 0.25) is 0 Å². The molecular formula is C23H27FN2O. The lowest BCUT2D eigenvalue weighted by atomic mass is 9.82. The van der Waals surface area contributed by atoms with Crippen molar-refractivity contribution in [3.05, 3.63) is 65.3 Å². The van der Waals surface area contributed by atoms with E-state index < -0.39 is 5.60 Å². The minimum Gasteiger partial charge on any atom is -0.390 e. The molecule has 1 fully saturated rings. The van der Waals surface area contributed by atoms with Crippen molar-refractivity contribution < 1.29 is 9.50 Å². The second kappa shape index (κ2) is 7.42. The molecule has 4 heteroatoms. The van der Waals surface area contributed by atoms with Crippen molar-refractivity contribution in [3.8, 4) is 11.1 Å². The summed E-state index contributed by atoms with van der Waals surface area (Å²) in [7, 11) is 0. The van der Waals surface area contributed by atoms with E-state index in [4.69, 9.17) is 6.57 Å². The van der Waals surface area contributed by atoms with Crippen LogP contribution < -0.4 is 5.32 Å². The van der Waals surface area contributed by atoms with Gasteiger partial charge in [-0.3, -0.25) is 0 Å². The molecule has 2 aromatic rings. The Morgan fingerprint density at radius 2 is 1.78 bits per heavy atom. The van der Waals surface area contributed by atoms with Crippen LogP contribution in [-0.4, -0.2) is 16.7 Å². The van der Waals surface area contributed by atoms with E-state index in [0.29, 0.717) is 17.3 Å². The average molecular weight is 366 g/mol. The fraction of sp³-hybridized carbons (Fsp3) is 0.435. The van der Waals surface area contributed by atoms with Crippen molar-refractivity contribution in [2.24, 2.45) is 0 Å². The third-order valence-electron chi connectivity index (χ3n) is 5.63. The van der Waals surface area contributed by atoms with Gasteiger partial charge in [0.25, 0.3) is 0 Å². The van der Waals surface area contributed by atoms with Crippen LogP contribution in [0.3, 0.4) is 0 Å². The van der Waals surface area contributed by atoms with Crippen LogP contribution in [0.1, 0.15) is 52.0 Å². The van der Waals surface area contributed by atoms with Gasteiger partial charge in [-0.25, -0.2) is 9.24 Å². The van der Waals surface area contributed by atoms with Crippen molar-refractivity contribution in [1.29, 1.82) is 0 Å². The van der Waals surface area contributed by atoms with Crippen LogP contribution in [0.25, 0.3) is 16.0 Å². The van der Waals surface area contributed by atoms with Crippen LogP contribution in [0.15, 0.2) is 42.5 Å². The van der Waals surface area contributed by atoms with Crippen molar-refractivity contribution in [3.63, 3.8) is 0 Å². The second-order valence-electron chi connectivity index (χ2n) is 8.39. The van der Waals surface area contributed by atoms with E-state index in [1.54, 1.807) is 30.3 Å². The summed E-state index contributed by atoms with van der Waals surface area (Å²) in [5.41, 5.74) is 1.85. The molecule has 2 aromatic carbocycles. The minimum atomic E-state index is -0.557. The maximum absolute atomic E-state index is 14.8. The molecule has 0 saturated heterocycles. The van der Waals surface area contributed by atoms with Gasteiger partial charge in [0.1, 0.15) is 5.82 Å². The first-order valence-corrected chi connectivity index (χ1v) is 9.48. The second-order valence-corrected chi connectivity index (χ2v) is 8.39. The van der Waals surface area contributed by atoms with Gasteiger partial charge in [-0.1, -0.05) is 36.4 Å². The van der Waals surface area contributed by atoms with Gasteiger partial charge in [0.05, 0.1) is 12.2 Å². The Morgan fingerprint density at radius 3 is 2.33 bits per heavy atom. The number of aliphatic hydroxyl groups is 1. The van der Waals surface area contributed by atoms with E-state index in [9.17, 15) is 9.50 Å². The third kappa shape index (κ3) is 4.55.